The van der Waals surface area contributed by atoms with Crippen LogP contribution in [-0.2, 0) is 11.8 Å². The van der Waals surface area contributed by atoms with Crippen LogP contribution in [0.1, 0.15) is 17.2 Å². The van der Waals surface area contributed by atoms with Gasteiger partial charge >= 0.3 is 0 Å². The second-order valence-electron chi connectivity index (χ2n) is 7.01. The van der Waals surface area contributed by atoms with Crippen molar-refractivity contribution in [3.8, 4) is 11.3 Å². The number of hydrogen-bond donors (Lipinski definition) is 0. The number of nitrogens with zero attached hydrogens (tertiary/aromatic N) is 4. The number of rotatable bonds is 3. The molecular formula is C21H20BrFN4O2. The Morgan fingerprint density at radius 2 is 2.10 bits per heavy atom. The summed E-state index contributed by atoms with van der Waals surface area (Å²) in [4.78, 5) is 22.9. The minimum absolute atomic E-state index is 0.145. The normalized spacial score (nSPS) is 16.8. The van der Waals surface area contributed by atoms with Crippen molar-refractivity contribution in [2.24, 2.45) is 7.05 Å². The maximum atomic E-state index is 14.2. The quantitative estimate of drug-likeness (QED) is 0.599. The lowest BCUT2D eigenvalue weighted by Gasteiger charge is -2.34. The molecule has 0 spiro atoms. The Morgan fingerprint density at radius 1 is 1.28 bits per heavy atom. The molecule has 0 saturated carbocycles. The molecule has 0 radical (unpaired) electrons. The van der Waals surface area contributed by atoms with Crippen molar-refractivity contribution in [1.82, 2.24) is 14.5 Å². The molecule has 1 aromatic carbocycles. The number of anilines is 1. The van der Waals surface area contributed by atoms with Crippen LogP contribution < -0.4 is 10.5 Å². The number of ether oxygens (including phenoxy) is 1. The zero-order valence-electron chi connectivity index (χ0n) is 16.1. The fraction of sp³-hybridized carbons (Fsp3) is 0.286. The Balaban J connectivity index is 1.69. The Morgan fingerprint density at radius 3 is 2.86 bits per heavy atom. The van der Waals surface area contributed by atoms with Crippen molar-refractivity contribution in [3.63, 3.8) is 0 Å². The van der Waals surface area contributed by atoms with Gasteiger partial charge in [0.1, 0.15) is 6.10 Å². The van der Waals surface area contributed by atoms with E-state index in [1.807, 2.05) is 24.0 Å². The van der Waals surface area contributed by atoms with Crippen LogP contribution in [0.15, 0.2) is 52.0 Å². The van der Waals surface area contributed by atoms with Crippen molar-refractivity contribution >= 4 is 21.9 Å². The molecule has 4 rings (SSSR count). The van der Waals surface area contributed by atoms with Gasteiger partial charge in [0.2, 0.25) is 5.95 Å². The number of benzene rings is 1. The molecule has 1 unspecified atom stereocenters. The monoisotopic (exact) mass is 458 g/mol. The van der Waals surface area contributed by atoms with E-state index >= 15 is 0 Å². The van der Waals surface area contributed by atoms with E-state index < -0.39 is 5.82 Å². The smallest absolute Gasteiger partial charge is 0.255 e. The molecule has 2 aromatic heterocycles. The van der Waals surface area contributed by atoms with E-state index in [2.05, 4.69) is 32.0 Å². The van der Waals surface area contributed by atoms with E-state index in [4.69, 9.17) is 4.74 Å². The zero-order chi connectivity index (χ0) is 20.5. The Hall–Kier alpha value is -2.58. The van der Waals surface area contributed by atoms with Gasteiger partial charge in [0, 0.05) is 35.9 Å². The van der Waals surface area contributed by atoms with Crippen molar-refractivity contribution in [2.75, 3.05) is 24.6 Å². The summed E-state index contributed by atoms with van der Waals surface area (Å²) >= 11 is 3.52. The van der Waals surface area contributed by atoms with Crippen LogP contribution in [0.5, 0.6) is 0 Å². The van der Waals surface area contributed by atoms with E-state index in [0.717, 1.165) is 21.8 Å². The van der Waals surface area contributed by atoms with Crippen LogP contribution in [0.25, 0.3) is 11.3 Å². The van der Waals surface area contributed by atoms with Gasteiger partial charge in [0.05, 0.1) is 25.0 Å². The number of morpholine rings is 1. The molecule has 1 aliphatic heterocycles. The third-order valence-electron chi connectivity index (χ3n) is 5.06. The maximum absolute atomic E-state index is 14.2. The summed E-state index contributed by atoms with van der Waals surface area (Å²) in [5.41, 5.74) is 2.50. The van der Waals surface area contributed by atoms with E-state index in [1.165, 1.54) is 22.9 Å². The highest BCUT2D eigenvalue weighted by Crippen LogP contribution is 2.28. The van der Waals surface area contributed by atoms with Gasteiger partial charge in [-0.2, -0.15) is 0 Å². The lowest BCUT2D eigenvalue weighted by molar-refractivity contribution is 0.0389. The third kappa shape index (κ3) is 3.95. The first-order chi connectivity index (χ1) is 13.9. The lowest BCUT2D eigenvalue weighted by atomic mass is 10.1. The predicted molar refractivity (Wildman–Crippen MR) is 112 cm³/mol. The first kappa shape index (κ1) is 19.7. The zero-order valence-corrected chi connectivity index (χ0v) is 17.7. The topological polar surface area (TPSA) is 60.2 Å². The summed E-state index contributed by atoms with van der Waals surface area (Å²) in [6.07, 6.45) is 2.46. The van der Waals surface area contributed by atoms with Crippen LogP contribution in [-0.4, -0.2) is 34.2 Å². The highest BCUT2D eigenvalue weighted by atomic mass is 79.9. The van der Waals surface area contributed by atoms with Crippen molar-refractivity contribution in [2.45, 2.75) is 13.0 Å². The van der Waals surface area contributed by atoms with Gasteiger partial charge in [-0.15, -0.1) is 0 Å². The maximum Gasteiger partial charge on any atom is 0.255 e. The molecule has 29 heavy (non-hydrogen) atoms. The van der Waals surface area contributed by atoms with Crippen LogP contribution >= 0.6 is 15.9 Å². The molecule has 1 saturated heterocycles. The molecule has 0 N–H and O–H groups in total. The molecule has 1 aliphatic rings. The van der Waals surface area contributed by atoms with Gasteiger partial charge in [-0.25, -0.2) is 9.37 Å². The molecule has 3 heterocycles. The van der Waals surface area contributed by atoms with E-state index in [-0.39, 0.29) is 17.2 Å². The van der Waals surface area contributed by atoms with Crippen molar-refractivity contribution in [1.29, 1.82) is 0 Å². The largest absolute Gasteiger partial charge is 0.370 e. The Bertz CT molecular complexity index is 1120. The summed E-state index contributed by atoms with van der Waals surface area (Å²) in [6, 6.07) is 8.99. The average molecular weight is 459 g/mol. The van der Waals surface area contributed by atoms with Gasteiger partial charge in [-0.05, 0) is 30.2 Å². The second-order valence-corrected chi connectivity index (χ2v) is 7.86. The second kappa shape index (κ2) is 8.04. The standard InChI is InChI=1S/C21H20BrFN4O2/c1-13-9-14(3-4-16(13)22)19-12-27(7-8-29-19)21-25-18(10-20(28)26(21)2)15-5-6-24-11-17(15)23/h3-6,9-11,19H,7-8,12H2,1-2H3. The molecule has 0 aliphatic carbocycles. The molecule has 150 valence electrons. The molecule has 3 aromatic rings. The van der Waals surface area contributed by atoms with Crippen molar-refractivity contribution in [3.05, 3.63) is 74.5 Å². The van der Waals surface area contributed by atoms with Gasteiger partial charge in [0.25, 0.3) is 5.56 Å². The summed E-state index contributed by atoms with van der Waals surface area (Å²) < 4.78 is 22.7. The van der Waals surface area contributed by atoms with Gasteiger partial charge in [-0.3, -0.25) is 14.3 Å². The number of aromatic nitrogens is 3. The summed E-state index contributed by atoms with van der Waals surface area (Å²) in [7, 11) is 1.67. The Labute approximate surface area is 176 Å². The highest BCUT2D eigenvalue weighted by molar-refractivity contribution is 9.10. The summed E-state index contributed by atoms with van der Waals surface area (Å²) in [5.74, 6) is -0.0183. The number of aryl methyl sites for hydroxylation is 1. The first-order valence-corrected chi connectivity index (χ1v) is 10.0. The van der Waals surface area contributed by atoms with Crippen LogP contribution in [0.4, 0.5) is 10.3 Å². The molecule has 8 heteroatoms. The number of hydrogen-bond acceptors (Lipinski definition) is 5. The van der Waals surface area contributed by atoms with Gasteiger partial charge < -0.3 is 9.64 Å². The third-order valence-corrected chi connectivity index (χ3v) is 5.95. The molecule has 0 amide bonds. The lowest BCUT2D eigenvalue weighted by Crippen LogP contribution is -2.41. The van der Waals surface area contributed by atoms with Crippen molar-refractivity contribution < 1.29 is 9.13 Å². The van der Waals surface area contributed by atoms with E-state index in [9.17, 15) is 9.18 Å². The van der Waals surface area contributed by atoms with Gasteiger partial charge in [-0.1, -0.05) is 28.1 Å². The molecule has 1 atom stereocenters. The predicted octanol–water partition coefficient (Wildman–Crippen LogP) is 3.63. The first-order valence-electron chi connectivity index (χ1n) is 9.24. The number of halogens is 2. The van der Waals surface area contributed by atoms with Crippen LogP contribution in [0.2, 0.25) is 0 Å². The van der Waals surface area contributed by atoms with Crippen LogP contribution in [0, 0.1) is 12.7 Å². The summed E-state index contributed by atoms with van der Waals surface area (Å²) in [6.45, 7) is 3.67. The fourth-order valence-electron chi connectivity index (χ4n) is 3.43. The molecular weight excluding hydrogens is 439 g/mol. The Kier molecular flexibility index (Phi) is 5.47. The highest BCUT2D eigenvalue weighted by Gasteiger charge is 2.25. The average Bonchev–Trinajstić information content (AvgIpc) is 2.72. The SMILES string of the molecule is Cc1cc(C2CN(c3nc(-c4ccncc4F)cc(=O)n3C)CCO2)ccc1Br. The summed E-state index contributed by atoms with van der Waals surface area (Å²) in [5, 5.41) is 0. The van der Waals surface area contributed by atoms with Crippen LogP contribution in [0.3, 0.4) is 0 Å². The molecule has 1 fully saturated rings. The van der Waals surface area contributed by atoms with E-state index in [0.29, 0.717) is 31.3 Å². The minimum Gasteiger partial charge on any atom is -0.370 e. The molecule has 0 bridgehead atoms. The minimum atomic E-state index is -0.510. The number of pyridine rings is 1. The van der Waals surface area contributed by atoms with E-state index in [1.54, 1.807) is 7.05 Å². The molecule has 6 nitrogen and oxygen atoms in total. The fourth-order valence-corrected chi connectivity index (χ4v) is 3.68. The van der Waals surface area contributed by atoms with Gasteiger partial charge in [0.15, 0.2) is 5.82 Å².